The minimum atomic E-state index is -0.329. The Morgan fingerprint density at radius 3 is 2.74 bits per heavy atom. The van der Waals surface area contributed by atoms with Gasteiger partial charge in [-0.15, -0.1) is 10.2 Å². The Kier molecular flexibility index (Phi) is 5.88. The van der Waals surface area contributed by atoms with Crippen LogP contribution in [0.5, 0.6) is 5.75 Å². The first-order chi connectivity index (χ1) is 16.9. The van der Waals surface area contributed by atoms with Gasteiger partial charge in [0.2, 0.25) is 0 Å². The van der Waals surface area contributed by atoms with Gasteiger partial charge in [0.05, 0.1) is 12.7 Å². The molecule has 0 unspecified atom stereocenters. The van der Waals surface area contributed by atoms with E-state index in [9.17, 15) is 9.59 Å². The number of anilines is 1. The molecule has 1 atom stereocenters. The van der Waals surface area contributed by atoms with Gasteiger partial charge in [0.25, 0.3) is 5.91 Å². The smallest absolute Gasteiger partial charge is 0.319 e. The minimum Gasteiger partial charge on any atom is -0.496 e. The summed E-state index contributed by atoms with van der Waals surface area (Å²) in [5, 5.41) is 11.5. The van der Waals surface area contributed by atoms with Crippen molar-refractivity contribution < 1.29 is 14.3 Å². The number of amides is 3. The van der Waals surface area contributed by atoms with Crippen molar-refractivity contribution in [2.45, 2.75) is 38.8 Å². The van der Waals surface area contributed by atoms with Gasteiger partial charge in [-0.1, -0.05) is 6.07 Å². The Morgan fingerprint density at radius 2 is 1.97 bits per heavy atom. The Labute approximate surface area is 203 Å². The number of carbonyl (C=O) groups is 2. The average Bonchev–Trinajstić information content (AvgIpc) is 3.45. The number of fused-ring (bicyclic) bond motifs is 2. The zero-order valence-corrected chi connectivity index (χ0v) is 20.4. The van der Waals surface area contributed by atoms with E-state index in [1.807, 2.05) is 24.3 Å². The maximum Gasteiger partial charge on any atom is 0.319 e. The predicted octanol–water partition coefficient (Wildman–Crippen LogP) is 3.15. The lowest BCUT2D eigenvalue weighted by atomic mass is 9.96. The van der Waals surface area contributed by atoms with Gasteiger partial charge in [0.1, 0.15) is 23.1 Å². The number of nitrogens with one attached hydrogen (secondary N) is 1. The molecule has 0 radical (unpaired) electrons. The average molecular weight is 476 g/mol. The number of rotatable bonds is 4. The maximum absolute atomic E-state index is 13.3. The highest BCUT2D eigenvalue weighted by Crippen LogP contribution is 2.31. The van der Waals surface area contributed by atoms with Crippen LogP contribution in [-0.4, -0.2) is 69.2 Å². The number of ether oxygens (including phenoxy) is 1. The van der Waals surface area contributed by atoms with E-state index in [4.69, 9.17) is 4.74 Å². The first kappa shape index (κ1) is 22.8. The van der Waals surface area contributed by atoms with Crippen molar-refractivity contribution in [3.63, 3.8) is 0 Å². The molecule has 2 aromatic heterocycles. The van der Waals surface area contributed by atoms with E-state index >= 15 is 0 Å². The van der Waals surface area contributed by atoms with Gasteiger partial charge >= 0.3 is 6.03 Å². The maximum atomic E-state index is 13.3. The summed E-state index contributed by atoms with van der Waals surface area (Å²) in [5.74, 6) is 2.25. The van der Waals surface area contributed by atoms with Crippen molar-refractivity contribution in [3.05, 3.63) is 52.8 Å². The highest BCUT2D eigenvalue weighted by atomic mass is 16.5. The molecule has 35 heavy (non-hydrogen) atoms. The lowest BCUT2D eigenvalue weighted by Crippen LogP contribution is -2.42. The third kappa shape index (κ3) is 4.20. The predicted molar refractivity (Wildman–Crippen MR) is 130 cm³/mol. The molecule has 0 saturated heterocycles. The summed E-state index contributed by atoms with van der Waals surface area (Å²) in [4.78, 5) is 33.7. The minimum absolute atomic E-state index is 0.0484. The van der Waals surface area contributed by atoms with E-state index in [1.165, 1.54) is 0 Å². The van der Waals surface area contributed by atoms with Crippen LogP contribution in [0.3, 0.4) is 0 Å². The number of urea groups is 1. The summed E-state index contributed by atoms with van der Waals surface area (Å²) in [7, 11) is 5.02. The molecule has 1 N–H and O–H groups in total. The van der Waals surface area contributed by atoms with Crippen LogP contribution in [0.2, 0.25) is 0 Å². The van der Waals surface area contributed by atoms with Crippen LogP contribution in [0.1, 0.15) is 46.7 Å². The Morgan fingerprint density at radius 1 is 1.14 bits per heavy atom. The monoisotopic (exact) mass is 475 g/mol. The fraction of sp³-hybridized carbons (Fsp3) is 0.400. The zero-order valence-electron chi connectivity index (χ0n) is 20.4. The molecule has 10 nitrogen and oxygen atoms in total. The van der Waals surface area contributed by atoms with E-state index in [0.29, 0.717) is 54.2 Å². The SMILES string of the molecule is COc1cc2c(cc1C(=O)Nc1cccc(-c3nnc4n3[C@H](C)CC4)n1)CN(C(=O)N(C)C)CC2. The number of pyridine rings is 1. The molecule has 0 fully saturated rings. The molecule has 5 rings (SSSR count). The number of carbonyl (C=O) groups excluding carboxylic acids is 2. The Bertz CT molecular complexity index is 1300. The molecule has 4 heterocycles. The van der Waals surface area contributed by atoms with Crippen molar-refractivity contribution in [1.82, 2.24) is 29.5 Å². The summed E-state index contributed by atoms with van der Waals surface area (Å²) < 4.78 is 7.65. The summed E-state index contributed by atoms with van der Waals surface area (Å²) in [6, 6.07) is 9.43. The number of benzene rings is 1. The number of methoxy groups -OCH3 is 1. The second kappa shape index (κ2) is 9.01. The van der Waals surface area contributed by atoms with Crippen molar-refractivity contribution in [2.75, 3.05) is 33.1 Å². The molecule has 2 aliphatic rings. The highest BCUT2D eigenvalue weighted by molar-refractivity contribution is 6.06. The largest absolute Gasteiger partial charge is 0.496 e. The van der Waals surface area contributed by atoms with Gasteiger partial charge in [-0.25, -0.2) is 9.78 Å². The second-order valence-electron chi connectivity index (χ2n) is 9.23. The van der Waals surface area contributed by atoms with Crippen LogP contribution in [0.25, 0.3) is 11.5 Å². The molecular formula is C25H29N7O3. The molecule has 0 aliphatic carbocycles. The Balaban J connectivity index is 1.40. The fourth-order valence-corrected chi connectivity index (χ4v) is 4.79. The normalized spacial score (nSPS) is 16.5. The summed E-state index contributed by atoms with van der Waals surface area (Å²) in [6.07, 6.45) is 2.64. The van der Waals surface area contributed by atoms with Crippen molar-refractivity contribution >= 4 is 17.8 Å². The molecule has 10 heteroatoms. The third-order valence-corrected chi connectivity index (χ3v) is 6.64. The molecule has 3 amide bonds. The first-order valence-electron chi connectivity index (χ1n) is 11.7. The van der Waals surface area contributed by atoms with E-state index in [0.717, 1.165) is 29.8 Å². The molecule has 3 aromatic rings. The number of aromatic nitrogens is 4. The van der Waals surface area contributed by atoms with Crippen LogP contribution < -0.4 is 10.1 Å². The van der Waals surface area contributed by atoms with E-state index in [-0.39, 0.29) is 11.9 Å². The standard InChI is InChI=1S/C25H29N7O3/c1-15-8-9-22-28-29-23(32(15)22)19-6-5-7-21(26-19)27-24(33)18-12-17-14-31(25(34)30(2)3)11-10-16(17)13-20(18)35-4/h5-7,12-13,15H,8-11,14H2,1-4H3,(H,26,27,33)/t15-/m1/s1. The molecule has 0 spiro atoms. The molecule has 0 bridgehead atoms. The topological polar surface area (TPSA) is 105 Å². The van der Waals surface area contributed by atoms with Crippen LogP contribution >= 0.6 is 0 Å². The van der Waals surface area contributed by atoms with Crippen molar-refractivity contribution in [1.29, 1.82) is 0 Å². The number of nitrogens with zero attached hydrogens (tertiary/aromatic N) is 6. The highest BCUT2D eigenvalue weighted by Gasteiger charge is 2.27. The quantitative estimate of drug-likeness (QED) is 0.622. The van der Waals surface area contributed by atoms with Crippen molar-refractivity contribution in [3.8, 4) is 17.3 Å². The van der Waals surface area contributed by atoms with Gasteiger partial charge in [-0.2, -0.15) is 0 Å². The Hall–Kier alpha value is -3.95. The number of hydrogen-bond donors (Lipinski definition) is 1. The van der Waals surface area contributed by atoms with Gasteiger partial charge in [0, 0.05) is 39.6 Å². The van der Waals surface area contributed by atoms with Crippen LogP contribution in [0.15, 0.2) is 30.3 Å². The third-order valence-electron chi connectivity index (χ3n) is 6.64. The number of hydrogen-bond acceptors (Lipinski definition) is 6. The lowest BCUT2D eigenvalue weighted by molar-refractivity contribution is 0.102. The van der Waals surface area contributed by atoms with Crippen molar-refractivity contribution in [2.24, 2.45) is 0 Å². The van der Waals surface area contributed by atoms with Crippen LogP contribution in [0, 0.1) is 0 Å². The molecule has 1 aromatic carbocycles. The van der Waals surface area contributed by atoms with E-state index in [1.54, 1.807) is 37.1 Å². The molecule has 2 aliphatic heterocycles. The first-order valence-corrected chi connectivity index (χ1v) is 11.7. The summed E-state index contributed by atoms with van der Waals surface area (Å²) >= 11 is 0. The summed E-state index contributed by atoms with van der Waals surface area (Å²) in [6.45, 7) is 3.21. The van der Waals surface area contributed by atoms with Crippen LogP contribution in [-0.2, 0) is 19.4 Å². The second-order valence-corrected chi connectivity index (χ2v) is 9.23. The number of aryl methyl sites for hydroxylation is 1. The fourth-order valence-electron chi connectivity index (χ4n) is 4.79. The summed E-state index contributed by atoms with van der Waals surface area (Å²) in [5.41, 5.74) is 3.07. The molecule has 0 saturated carbocycles. The van der Waals surface area contributed by atoms with Gasteiger partial charge in [-0.3, -0.25) is 4.79 Å². The van der Waals surface area contributed by atoms with Gasteiger partial charge < -0.3 is 24.4 Å². The van der Waals surface area contributed by atoms with E-state index < -0.39 is 0 Å². The lowest BCUT2D eigenvalue weighted by Gasteiger charge is -2.31. The van der Waals surface area contributed by atoms with Gasteiger partial charge in [0.15, 0.2) is 5.82 Å². The zero-order chi connectivity index (χ0) is 24.7. The van der Waals surface area contributed by atoms with E-state index in [2.05, 4.69) is 32.0 Å². The van der Waals surface area contributed by atoms with Crippen LogP contribution in [0.4, 0.5) is 10.6 Å². The van der Waals surface area contributed by atoms with Gasteiger partial charge in [-0.05, 0) is 55.2 Å². The molecule has 182 valence electrons. The molecular weight excluding hydrogens is 446 g/mol.